The van der Waals surface area contributed by atoms with E-state index in [1.54, 1.807) is 67.5 Å². The molecule has 4 heterocycles. The first-order valence-electron chi connectivity index (χ1n) is 16.7. The third-order valence-electron chi connectivity index (χ3n) is 8.84. The van der Waals surface area contributed by atoms with Crippen molar-refractivity contribution in [2.24, 2.45) is 11.3 Å². The fourth-order valence-corrected chi connectivity index (χ4v) is 6.68. The molecule has 1 aliphatic carbocycles. The van der Waals surface area contributed by atoms with E-state index in [1.165, 1.54) is 17.3 Å². The molecule has 0 unspecified atom stereocenters. The Hall–Kier alpha value is -3.80. The van der Waals surface area contributed by atoms with Gasteiger partial charge in [-0.25, -0.2) is 19.1 Å². The van der Waals surface area contributed by atoms with Crippen molar-refractivity contribution in [2.75, 3.05) is 11.9 Å². The van der Waals surface area contributed by atoms with Gasteiger partial charge in [-0.15, -0.1) is 0 Å². The average Bonchev–Trinajstić information content (AvgIpc) is 3.64. The number of alkyl carbamates (subject to hydrolysis) is 1. The van der Waals surface area contributed by atoms with Gasteiger partial charge in [0.05, 0.1) is 5.69 Å². The summed E-state index contributed by atoms with van der Waals surface area (Å²) in [6.07, 6.45) is 3.92. The van der Waals surface area contributed by atoms with Crippen molar-refractivity contribution in [1.29, 1.82) is 5.26 Å². The number of nitriles is 1. The Morgan fingerprint density at radius 2 is 1.79 bits per heavy atom. The number of hydrogen-bond donors (Lipinski definition) is 2. The summed E-state index contributed by atoms with van der Waals surface area (Å²) in [4.78, 5) is 43.3. The molecule has 2 N–H and O–H groups in total. The summed E-state index contributed by atoms with van der Waals surface area (Å²) in [7, 11) is 0. The Morgan fingerprint density at radius 1 is 1.08 bits per heavy atom. The van der Waals surface area contributed by atoms with Crippen LogP contribution in [0.1, 0.15) is 99.6 Å². The highest BCUT2D eigenvalue weighted by atomic mass is 16.8. The monoisotopic (exact) mass is 668 g/mol. The van der Waals surface area contributed by atoms with Crippen molar-refractivity contribution < 1.29 is 38.1 Å². The zero-order valence-corrected chi connectivity index (χ0v) is 29.1. The summed E-state index contributed by atoms with van der Waals surface area (Å²) in [6, 6.07) is 4.66. The van der Waals surface area contributed by atoms with Crippen LogP contribution < -0.4 is 10.6 Å². The zero-order valence-electron chi connectivity index (χ0n) is 29.1. The molecule has 5 atom stereocenters. The van der Waals surface area contributed by atoms with Crippen LogP contribution in [-0.2, 0) is 38.9 Å². The van der Waals surface area contributed by atoms with Crippen LogP contribution in [0.25, 0.3) is 5.52 Å². The predicted molar refractivity (Wildman–Crippen MR) is 172 cm³/mol. The number of rotatable bonds is 8. The maximum Gasteiger partial charge on any atom is 0.408 e. The molecule has 2 aromatic heterocycles. The number of carbonyl (C=O) groups excluding carboxylic acids is 3. The molecule has 48 heavy (non-hydrogen) atoms. The molecule has 2 aliphatic heterocycles. The van der Waals surface area contributed by atoms with Crippen molar-refractivity contribution >= 4 is 29.3 Å². The average molecular weight is 669 g/mol. The predicted octanol–water partition coefficient (Wildman–Crippen LogP) is 4.76. The number of ether oxygens (including phenoxy) is 5. The molecule has 0 aromatic carbocycles. The Morgan fingerprint density at radius 3 is 2.44 bits per heavy atom. The minimum Gasteiger partial charge on any atom is -0.461 e. The molecule has 0 radical (unpaired) electrons. The molecule has 3 aliphatic rings. The minimum absolute atomic E-state index is 0.122. The second-order valence-corrected chi connectivity index (χ2v) is 15.5. The first-order chi connectivity index (χ1) is 22.4. The van der Waals surface area contributed by atoms with Crippen LogP contribution in [0.15, 0.2) is 18.5 Å². The standard InChI is InChI=1S/C34H48N6O8/c1-31(2,3)26(39-30(43)48-32(4,5)6)29(42)44-17-22-25-27(47-33(7,8)46-25)34(18-35,45-22)23-15-14-21-28(36-19-37-40(21)23)38-24(41)16-20-12-10-9-11-13-20/h14-15,19-20,22,25-27H,9-13,16-17H2,1-8H3,(H,39,43)(H,36,37,38,41)/t22-,25-,26-,27-,34+/m1/s1. The first kappa shape index (κ1) is 35.5. The second-order valence-electron chi connectivity index (χ2n) is 15.5. The summed E-state index contributed by atoms with van der Waals surface area (Å²) in [6.45, 7) is 13.7. The maximum atomic E-state index is 13.4. The fraction of sp³-hybridized carbons (Fsp3) is 0.706. The smallest absolute Gasteiger partial charge is 0.408 e. The van der Waals surface area contributed by atoms with Gasteiger partial charge in [0.25, 0.3) is 0 Å². The van der Waals surface area contributed by atoms with Crippen LogP contribution in [-0.4, -0.2) is 74.9 Å². The van der Waals surface area contributed by atoms with Crippen molar-refractivity contribution in [2.45, 2.75) is 135 Å². The fourth-order valence-electron chi connectivity index (χ4n) is 6.68. The minimum atomic E-state index is -1.72. The quantitative estimate of drug-likeness (QED) is 0.371. The summed E-state index contributed by atoms with van der Waals surface area (Å²) in [5, 5.41) is 20.7. The maximum absolute atomic E-state index is 13.4. The summed E-state index contributed by atoms with van der Waals surface area (Å²) in [5.74, 6) is -1.22. The summed E-state index contributed by atoms with van der Waals surface area (Å²) >= 11 is 0. The van der Waals surface area contributed by atoms with E-state index >= 15 is 0 Å². The molecule has 14 nitrogen and oxygen atoms in total. The highest BCUT2D eigenvalue weighted by Gasteiger charge is 2.65. The number of amides is 2. The van der Waals surface area contributed by atoms with Gasteiger partial charge in [0, 0.05) is 6.42 Å². The van der Waals surface area contributed by atoms with Crippen LogP contribution in [0.3, 0.4) is 0 Å². The normalized spacial score (nSPS) is 26.4. The highest BCUT2D eigenvalue weighted by molar-refractivity contribution is 5.93. The van der Waals surface area contributed by atoms with E-state index in [1.807, 2.05) is 0 Å². The lowest BCUT2D eigenvalue weighted by molar-refractivity contribution is -0.207. The van der Waals surface area contributed by atoms with Crippen LogP contribution in [0.4, 0.5) is 10.6 Å². The van der Waals surface area contributed by atoms with Crippen LogP contribution >= 0.6 is 0 Å². The number of nitrogens with one attached hydrogen (secondary N) is 2. The molecule has 2 saturated heterocycles. The second kappa shape index (κ2) is 13.2. The van der Waals surface area contributed by atoms with Gasteiger partial charge in [-0.1, -0.05) is 40.0 Å². The first-order valence-corrected chi connectivity index (χ1v) is 16.7. The molecule has 3 fully saturated rings. The van der Waals surface area contributed by atoms with Gasteiger partial charge in [0.15, 0.2) is 11.6 Å². The van der Waals surface area contributed by atoms with Gasteiger partial charge in [0.1, 0.15) is 54.5 Å². The van der Waals surface area contributed by atoms with E-state index in [9.17, 15) is 19.6 Å². The van der Waals surface area contributed by atoms with Gasteiger partial charge >= 0.3 is 12.1 Å². The van der Waals surface area contributed by atoms with Gasteiger partial charge in [-0.2, -0.15) is 10.4 Å². The number of esters is 1. The van der Waals surface area contributed by atoms with Crippen LogP contribution in [0.5, 0.6) is 0 Å². The van der Waals surface area contributed by atoms with E-state index in [4.69, 9.17) is 23.7 Å². The summed E-state index contributed by atoms with van der Waals surface area (Å²) in [5.41, 5.74) is -2.38. The SMILES string of the molecule is CC(C)(C)OC(=O)N[C@H](C(=O)OC[C@H]1O[C@@](C#N)(c2ccc3c(NC(=O)CC4CCCCC4)ncnn23)[C@@H]2OC(C)(C)O[C@@H]21)C(C)(C)C. The van der Waals surface area contributed by atoms with Crippen molar-refractivity contribution in [3.63, 3.8) is 0 Å². The van der Waals surface area contributed by atoms with Crippen molar-refractivity contribution in [3.05, 3.63) is 24.2 Å². The molecular weight excluding hydrogens is 620 g/mol. The van der Waals surface area contributed by atoms with E-state index in [0.29, 0.717) is 29.4 Å². The lowest BCUT2D eigenvalue weighted by Gasteiger charge is -2.31. The van der Waals surface area contributed by atoms with E-state index < -0.39 is 58.8 Å². The van der Waals surface area contributed by atoms with Crippen LogP contribution in [0.2, 0.25) is 0 Å². The number of carbonyl (C=O) groups is 3. The Bertz CT molecular complexity index is 1560. The lowest BCUT2D eigenvalue weighted by atomic mass is 9.87. The van der Waals surface area contributed by atoms with Crippen molar-refractivity contribution in [1.82, 2.24) is 19.9 Å². The van der Waals surface area contributed by atoms with Crippen molar-refractivity contribution in [3.8, 4) is 6.07 Å². The highest BCUT2D eigenvalue weighted by Crippen LogP contribution is 2.49. The number of aromatic nitrogens is 3. The third-order valence-corrected chi connectivity index (χ3v) is 8.84. The third kappa shape index (κ3) is 7.58. The van der Waals surface area contributed by atoms with Gasteiger partial charge in [0.2, 0.25) is 11.5 Å². The molecule has 1 saturated carbocycles. The largest absolute Gasteiger partial charge is 0.461 e. The number of anilines is 1. The van der Waals surface area contributed by atoms with E-state index in [2.05, 4.69) is 26.8 Å². The van der Waals surface area contributed by atoms with Gasteiger partial charge in [-0.05, 0) is 70.9 Å². The summed E-state index contributed by atoms with van der Waals surface area (Å²) < 4.78 is 31.5. The van der Waals surface area contributed by atoms with Crippen LogP contribution in [0, 0.1) is 22.7 Å². The molecule has 0 spiro atoms. The van der Waals surface area contributed by atoms with E-state index in [-0.39, 0.29) is 12.5 Å². The Balaban J connectivity index is 1.37. The number of nitrogens with zero attached hydrogens (tertiary/aromatic N) is 4. The molecule has 14 heteroatoms. The molecular formula is C34H48N6O8. The molecule has 2 aromatic rings. The molecule has 5 rings (SSSR count). The van der Waals surface area contributed by atoms with Gasteiger partial charge < -0.3 is 34.3 Å². The Labute approximate surface area is 281 Å². The number of fused-ring (bicyclic) bond motifs is 2. The molecule has 262 valence electrons. The number of hydrogen-bond acceptors (Lipinski definition) is 11. The zero-order chi connectivity index (χ0) is 35.1. The van der Waals surface area contributed by atoms with Gasteiger partial charge in [-0.3, -0.25) is 4.79 Å². The topological polar surface area (TPSA) is 175 Å². The lowest BCUT2D eigenvalue weighted by Crippen LogP contribution is -2.51. The Kier molecular flexibility index (Phi) is 9.80. The molecule has 2 amide bonds. The van der Waals surface area contributed by atoms with E-state index in [0.717, 1.165) is 25.7 Å². The molecule has 0 bridgehead atoms.